The van der Waals surface area contributed by atoms with Crippen molar-refractivity contribution in [1.29, 1.82) is 0 Å². The van der Waals surface area contributed by atoms with Crippen molar-refractivity contribution in [2.24, 2.45) is 7.05 Å². The van der Waals surface area contributed by atoms with Crippen LogP contribution >= 0.6 is 0 Å². The summed E-state index contributed by atoms with van der Waals surface area (Å²) in [5.41, 5.74) is 4.80. The third-order valence-electron chi connectivity index (χ3n) is 6.05. The summed E-state index contributed by atoms with van der Waals surface area (Å²) in [6.45, 7) is 4.33. The fourth-order valence-corrected chi connectivity index (χ4v) is 4.26. The van der Waals surface area contributed by atoms with Crippen molar-refractivity contribution in [3.8, 4) is 22.6 Å². The zero-order chi connectivity index (χ0) is 24.7. The number of hydrogen-bond acceptors (Lipinski definition) is 3. The molecule has 0 amide bonds. The highest BCUT2D eigenvalue weighted by Gasteiger charge is 2.34. The van der Waals surface area contributed by atoms with E-state index in [1.807, 2.05) is 40.9 Å². The molecule has 0 aliphatic rings. The zero-order valence-electron chi connectivity index (χ0n) is 19.6. The predicted octanol–water partition coefficient (Wildman–Crippen LogP) is 6.53. The first-order chi connectivity index (χ1) is 16.7. The van der Waals surface area contributed by atoms with Crippen molar-refractivity contribution in [3.05, 3.63) is 95.7 Å². The van der Waals surface area contributed by atoms with E-state index in [2.05, 4.69) is 35.9 Å². The van der Waals surface area contributed by atoms with Crippen LogP contribution in [0.2, 0.25) is 0 Å². The molecule has 0 radical (unpaired) electrons. The van der Waals surface area contributed by atoms with Crippen LogP contribution in [-0.2, 0) is 19.6 Å². The summed E-state index contributed by atoms with van der Waals surface area (Å²) in [7, 11) is 1.56. The Morgan fingerprint density at radius 2 is 1.69 bits per heavy atom. The van der Waals surface area contributed by atoms with E-state index < -0.39 is 11.9 Å². The Bertz CT molecular complexity index is 1490. The van der Waals surface area contributed by atoms with Crippen LogP contribution < -0.4 is 0 Å². The summed E-state index contributed by atoms with van der Waals surface area (Å²) in [6.07, 6.45) is -1.15. The van der Waals surface area contributed by atoms with Gasteiger partial charge in [-0.05, 0) is 29.2 Å². The molecule has 0 atom stereocenters. The van der Waals surface area contributed by atoms with Crippen LogP contribution in [0, 0.1) is 0 Å². The van der Waals surface area contributed by atoms with Gasteiger partial charge in [-0.25, -0.2) is 14.5 Å². The molecule has 35 heavy (non-hydrogen) atoms. The van der Waals surface area contributed by atoms with Gasteiger partial charge in [0, 0.05) is 30.8 Å². The molecule has 0 spiro atoms. The number of imidazole rings is 2. The van der Waals surface area contributed by atoms with Crippen LogP contribution in [0.4, 0.5) is 13.2 Å². The van der Waals surface area contributed by atoms with E-state index in [0.29, 0.717) is 17.9 Å². The number of nitrogens with zero attached hydrogens (tertiary/aromatic N) is 5. The van der Waals surface area contributed by atoms with Gasteiger partial charge in [-0.15, -0.1) is 0 Å². The van der Waals surface area contributed by atoms with Crippen molar-refractivity contribution in [3.63, 3.8) is 0 Å². The number of aromatic nitrogens is 5. The molecule has 178 valence electrons. The first-order valence-corrected chi connectivity index (χ1v) is 11.3. The first kappa shape index (κ1) is 22.8. The fourth-order valence-electron chi connectivity index (χ4n) is 4.26. The molecule has 5 rings (SSSR count). The van der Waals surface area contributed by atoms with Gasteiger partial charge in [-0.2, -0.15) is 18.3 Å². The molecular weight excluding hydrogens is 451 g/mol. The van der Waals surface area contributed by atoms with E-state index in [1.165, 1.54) is 10.1 Å². The quantitative estimate of drug-likeness (QED) is 0.290. The van der Waals surface area contributed by atoms with Crippen molar-refractivity contribution in [2.45, 2.75) is 32.4 Å². The van der Waals surface area contributed by atoms with Crippen molar-refractivity contribution >= 4 is 5.52 Å². The minimum Gasteiger partial charge on any atom is -0.333 e. The van der Waals surface area contributed by atoms with Gasteiger partial charge < -0.3 is 4.57 Å². The molecule has 0 aliphatic carbocycles. The summed E-state index contributed by atoms with van der Waals surface area (Å²) in [6, 6.07) is 19.6. The second-order valence-electron chi connectivity index (χ2n) is 8.90. The molecule has 0 bridgehead atoms. The highest BCUT2D eigenvalue weighted by atomic mass is 19.4. The van der Waals surface area contributed by atoms with Crippen LogP contribution in [0.15, 0.2) is 73.1 Å². The number of halogens is 3. The maximum Gasteiger partial charge on any atom is 0.434 e. The van der Waals surface area contributed by atoms with Crippen LogP contribution in [0.5, 0.6) is 0 Å². The number of fused-ring (bicyclic) bond motifs is 1. The van der Waals surface area contributed by atoms with Gasteiger partial charge in [0.2, 0.25) is 0 Å². The molecule has 8 heteroatoms. The van der Waals surface area contributed by atoms with E-state index in [0.717, 1.165) is 34.4 Å². The standard InChI is InChI=1S/C27H24F3N5/c1-17(2)21-6-4-5-7-22(21)23-13-12-20-15-31-25(35(20)33-23)14-18-8-10-19(11-9-18)26-32-24(16-34(26)3)27(28,29)30/h4-13,15-17H,14H2,1-3H3. The number of alkyl halides is 3. The lowest BCUT2D eigenvalue weighted by atomic mass is 9.95. The SMILES string of the molecule is CC(C)c1ccccc1-c1ccc2cnc(Cc3ccc(-c4nc(C(F)(F)F)cn4C)cc3)n2n1. The van der Waals surface area contributed by atoms with Crippen molar-refractivity contribution < 1.29 is 13.2 Å². The molecular formula is C27H24F3N5. The number of benzene rings is 2. The Kier molecular flexibility index (Phi) is 5.67. The Morgan fingerprint density at radius 1 is 0.943 bits per heavy atom. The molecule has 3 aromatic heterocycles. The molecule has 0 aliphatic heterocycles. The Morgan fingerprint density at radius 3 is 2.37 bits per heavy atom. The molecule has 0 N–H and O–H groups in total. The van der Waals surface area contributed by atoms with Crippen LogP contribution in [0.3, 0.4) is 0 Å². The average Bonchev–Trinajstić information content (AvgIpc) is 3.43. The molecule has 0 saturated carbocycles. The minimum atomic E-state index is -4.47. The Labute approximate surface area is 200 Å². The largest absolute Gasteiger partial charge is 0.434 e. The fraction of sp³-hybridized carbons (Fsp3) is 0.222. The number of aryl methyl sites for hydroxylation is 1. The molecule has 5 aromatic rings. The number of rotatable bonds is 5. The summed E-state index contributed by atoms with van der Waals surface area (Å²) in [5.74, 6) is 1.42. The van der Waals surface area contributed by atoms with Gasteiger partial charge in [-0.3, -0.25) is 0 Å². The van der Waals surface area contributed by atoms with Crippen LogP contribution in [0.1, 0.15) is 42.4 Å². The molecule has 0 saturated heterocycles. The second kappa shape index (κ2) is 8.69. The smallest absolute Gasteiger partial charge is 0.333 e. The third-order valence-corrected chi connectivity index (χ3v) is 6.05. The Balaban J connectivity index is 1.44. The zero-order valence-corrected chi connectivity index (χ0v) is 19.6. The van der Waals surface area contributed by atoms with Gasteiger partial charge in [0.05, 0.1) is 17.4 Å². The van der Waals surface area contributed by atoms with Gasteiger partial charge in [0.1, 0.15) is 11.6 Å². The average molecular weight is 476 g/mol. The summed E-state index contributed by atoms with van der Waals surface area (Å²) >= 11 is 0. The van der Waals surface area contributed by atoms with Gasteiger partial charge in [0.25, 0.3) is 0 Å². The van der Waals surface area contributed by atoms with Crippen LogP contribution in [-0.4, -0.2) is 24.1 Å². The molecule has 0 unspecified atom stereocenters. The summed E-state index contributed by atoms with van der Waals surface area (Å²) < 4.78 is 42.3. The van der Waals surface area contributed by atoms with Crippen molar-refractivity contribution in [1.82, 2.24) is 24.1 Å². The highest BCUT2D eigenvalue weighted by molar-refractivity contribution is 5.66. The summed E-state index contributed by atoms with van der Waals surface area (Å²) in [4.78, 5) is 8.33. The normalized spacial score (nSPS) is 12.1. The summed E-state index contributed by atoms with van der Waals surface area (Å²) in [5, 5.41) is 4.88. The second-order valence-corrected chi connectivity index (χ2v) is 8.90. The topological polar surface area (TPSA) is 48.0 Å². The van der Waals surface area contributed by atoms with E-state index in [9.17, 15) is 13.2 Å². The van der Waals surface area contributed by atoms with Crippen LogP contribution in [0.25, 0.3) is 28.2 Å². The third kappa shape index (κ3) is 4.43. The Hall–Kier alpha value is -3.94. The predicted molar refractivity (Wildman–Crippen MR) is 129 cm³/mol. The lowest BCUT2D eigenvalue weighted by molar-refractivity contribution is -0.140. The van der Waals surface area contributed by atoms with Crippen molar-refractivity contribution in [2.75, 3.05) is 0 Å². The maximum atomic E-state index is 13.0. The van der Waals surface area contributed by atoms with E-state index in [-0.39, 0.29) is 5.82 Å². The molecule has 0 fully saturated rings. The van der Waals surface area contributed by atoms with Gasteiger partial charge >= 0.3 is 6.18 Å². The monoisotopic (exact) mass is 475 g/mol. The van der Waals surface area contributed by atoms with E-state index >= 15 is 0 Å². The van der Waals surface area contributed by atoms with Gasteiger partial charge in [0.15, 0.2) is 5.69 Å². The molecule has 2 aromatic carbocycles. The lowest BCUT2D eigenvalue weighted by Gasteiger charge is -2.12. The first-order valence-electron chi connectivity index (χ1n) is 11.3. The lowest BCUT2D eigenvalue weighted by Crippen LogP contribution is -2.04. The highest BCUT2D eigenvalue weighted by Crippen LogP contribution is 2.31. The van der Waals surface area contributed by atoms with Gasteiger partial charge in [-0.1, -0.05) is 62.4 Å². The molecule has 5 nitrogen and oxygen atoms in total. The van der Waals surface area contributed by atoms with E-state index in [4.69, 9.17) is 5.10 Å². The molecule has 3 heterocycles. The van der Waals surface area contributed by atoms with E-state index in [1.54, 1.807) is 25.4 Å². The minimum absolute atomic E-state index is 0.269. The maximum absolute atomic E-state index is 13.0. The number of hydrogen-bond donors (Lipinski definition) is 0.